The van der Waals surface area contributed by atoms with Crippen molar-refractivity contribution in [3.05, 3.63) is 11.0 Å². The average Bonchev–Trinajstić information content (AvgIpc) is 1.98. The number of rotatable bonds is 4. The topological polar surface area (TPSA) is 29.1 Å². The Morgan fingerprint density at radius 3 is 2.15 bits per heavy atom. The van der Waals surface area contributed by atoms with Crippen molar-refractivity contribution in [2.45, 2.75) is 33.7 Å². The second-order valence-corrected chi connectivity index (χ2v) is 4.46. The van der Waals surface area contributed by atoms with Crippen molar-refractivity contribution in [1.82, 2.24) is 5.32 Å². The summed E-state index contributed by atoms with van der Waals surface area (Å²) < 4.78 is 0. The Morgan fingerprint density at radius 2 is 1.85 bits per heavy atom. The fraction of sp³-hybridized carbons (Fsp3) is 0.700. The van der Waals surface area contributed by atoms with Gasteiger partial charge in [-0.1, -0.05) is 19.9 Å². The molecule has 0 aliphatic carbocycles. The first-order valence-corrected chi connectivity index (χ1v) is 5.76. The second kappa shape index (κ2) is 6.08. The van der Waals surface area contributed by atoms with Crippen molar-refractivity contribution in [2.24, 2.45) is 5.92 Å². The van der Waals surface area contributed by atoms with Gasteiger partial charge in [0.25, 0.3) is 5.91 Å². The summed E-state index contributed by atoms with van der Waals surface area (Å²) in [5, 5.41) is 2.87. The smallest absolute Gasteiger partial charge is 0.257 e. The molecule has 0 saturated carbocycles. The largest absolute Gasteiger partial charge is 0.349 e. The van der Waals surface area contributed by atoms with Crippen molar-refractivity contribution < 1.29 is 4.79 Å². The molecule has 0 aromatic heterocycles. The van der Waals surface area contributed by atoms with Crippen molar-refractivity contribution in [2.75, 3.05) is 6.26 Å². The summed E-state index contributed by atoms with van der Waals surface area (Å²) in [4.78, 5) is 12.3. The Hall–Kier alpha value is -0.440. The fourth-order valence-electron chi connectivity index (χ4n) is 0.872. The SMILES string of the molecule is CS/C(=C\C(C)C)C(=O)NC(C)C. The van der Waals surface area contributed by atoms with Gasteiger partial charge in [-0.25, -0.2) is 0 Å². The number of amides is 1. The Morgan fingerprint density at radius 1 is 1.31 bits per heavy atom. The summed E-state index contributed by atoms with van der Waals surface area (Å²) in [5.41, 5.74) is 0. The van der Waals surface area contributed by atoms with Crippen LogP contribution in [-0.2, 0) is 4.79 Å². The Labute approximate surface area is 85.2 Å². The van der Waals surface area contributed by atoms with E-state index >= 15 is 0 Å². The highest BCUT2D eigenvalue weighted by molar-refractivity contribution is 8.03. The molecular formula is C10H19NOS. The maximum absolute atomic E-state index is 11.5. The van der Waals surface area contributed by atoms with Gasteiger partial charge in [0.2, 0.25) is 0 Å². The molecule has 0 bridgehead atoms. The maximum Gasteiger partial charge on any atom is 0.257 e. The van der Waals surface area contributed by atoms with Crippen LogP contribution in [0, 0.1) is 5.92 Å². The van der Waals surface area contributed by atoms with Gasteiger partial charge in [-0.15, -0.1) is 11.8 Å². The van der Waals surface area contributed by atoms with Crippen LogP contribution < -0.4 is 5.32 Å². The minimum atomic E-state index is 0.0381. The first kappa shape index (κ1) is 12.6. The zero-order chi connectivity index (χ0) is 10.4. The van der Waals surface area contributed by atoms with Crippen LogP contribution in [0.25, 0.3) is 0 Å². The number of allylic oxidation sites excluding steroid dienone is 1. The van der Waals surface area contributed by atoms with Gasteiger partial charge in [0.1, 0.15) is 0 Å². The van der Waals surface area contributed by atoms with E-state index in [0.717, 1.165) is 4.91 Å². The predicted molar refractivity (Wildman–Crippen MR) is 59.7 cm³/mol. The van der Waals surface area contributed by atoms with Crippen LogP contribution in [0.4, 0.5) is 0 Å². The minimum Gasteiger partial charge on any atom is -0.349 e. The highest BCUT2D eigenvalue weighted by Crippen LogP contribution is 2.14. The van der Waals surface area contributed by atoms with E-state index in [1.54, 1.807) is 0 Å². The normalized spacial score (nSPS) is 12.4. The molecule has 1 amide bonds. The first-order valence-electron chi connectivity index (χ1n) is 4.54. The molecule has 1 N–H and O–H groups in total. The van der Waals surface area contributed by atoms with Crippen molar-refractivity contribution in [3.63, 3.8) is 0 Å². The molecule has 0 radical (unpaired) electrons. The standard InChI is InChI=1S/C10H19NOS/c1-7(2)6-9(13-5)10(12)11-8(3)4/h6-8H,1-5H3,(H,11,12)/b9-6-. The molecule has 0 aromatic carbocycles. The fourth-order valence-corrected chi connectivity index (χ4v) is 1.53. The monoisotopic (exact) mass is 201 g/mol. The summed E-state index contributed by atoms with van der Waals surface area (Å²) >= 11 is 1.50. The summed E-state index contributed by atoms with van der Waals surface area (Å²) in [6, 6.07) is 0.204. The van der Waals surface area contributed by atoms with Crippen molar-refractivity contribution in [1.29, 1.82) is 0 Å². The second-order valence-electron chi connectivity index (χ2n) is 3.61. The number of hydrogen-bond acceptors (Lipinski definition) is 2. The Bertz CT molecular complexity index is 197. The first-order chi connectivity index (χ1) is 5.97. The lowest BCUT2D eigenvalue weighted by Crippen LogP contribution is -2.30. The van der Waals surface area contributed by atoms with E-state index in [9.17, 15) is 4.79 Å². The molecule has 3 heteroatoms. The lowest BCUT2D eigenvalue weighted by Gasteiger charge is -2.10. The van der Waals surface area contributed by atoms with E-state index in [-0.39, 0.29) is 11.9 Å². The molecule has 0 atom stereocenters. The number of thioether (sulfide) groups is 1. The Balaban J connectivity index is 4.32. The average molecular weight is 201 g/mol. The van der Waals surface area contributed by atoms with Gasteiger partial charge in [0.05, 0.1) is 4.91 Å². The van der Waals surface area contributed by atoms with E-state index in [0.29, 0.717) is 5.92 Å². The third-order valence-electron chi connectivity index (χ3n) is 1.35. The van der Waals surface area contributed by atoms with Crippen LogP contribution in [-0.4, -0.2) is 18.2 Å². The van der Waals surface area contributed by atoms with Gasteiger partial charge in [-0.3, -0.25) is 4.79 Å². The highest BCUT2D eigenvalue weighted by Gasteiger charge is 2.09. The minimum absolute atomic E-state index is 0.0381. The summed E-state index contributed by atoms with van der Waals surface area (Å²) in [6.07, 6.45) is 3.91. The van der Waals surface area contributed by atoms with Gasteiger partial charge < -0.3 is 5.32 Å². The molecule has 0 aliphatic rings. The van der Waals surface area contributed by atoms with Crippen LogP contribution >= 0.6 is 11.8 Å². The number of carbonyl (C=O) groups excluding carboxylic acids is 1. The molecule has 2 nitrogen and oxygen atoms in total. The molecule has 0 saturated heterocycles. The van der Waals surface area contributed by atoms with Crippen LogP contribution in [0.2, 0.25) is 0 Å². The molecule has 13 heavy (non-hydrogen) atoms. The third-order valence-corrected chi connectivity index (χ3v) is 2.11. The maximum atomic E-state index is 11.5. The van der Waals surface area contributed by atoms with E-state index in [2.05, 4.69) is 19.2 Å². The van der Waals surface area contributed by atoms with E-state index in [1.165, 1.54) is 11.8 Å². The lowest BCUT2D eigenvalue weighted by molar-refractivity contribution is -0.117. The van der Waals surface area contributed by atoms with Crippen LogP contribution in [0.5, 0.6) is 0 Å². The van der Waals surface area contributed by atoms with Gasteiger partial charge in [0.15, 0.2) is 0 Å². The van der Waals surface area contributed by atoms with Gasteiger partial charge in [-0.2, -0.15) is 0 Å². The third kappa shape index (κ3) is 5.75. The van der Waals surface area contributed by atoms with Crippen molar-refractivity contribution in [3.8, 4) is 0 Å². The molecule has 0 fully saturated rings. The van der Waals surface area contributed by atoms with E-state index in [1.807, 2.05) is 26.2 Å². The summed E-state index contributed by atoms with van der Waals surface area (Å²) in [6.45, 7) is 8.06. The number of nitrogens with one attached hydrogen (secondary N) is 1. The molecule has 76 valence electrons. The molecule has 0 aromatic rings. The van der Waals surface area contributed by atoms with Crippen LogP contribution in [0.1, 0.15) is 27.7 Å². The Kier molecular flexibility index (Phi) is 5.88. The van der Waals surface area contributed by atoms with E-state index in [4.69, 9.17) is 0 Å². The lowest BCUT2D eigenvalue weighted by atomic mass is 10.2. The summed E-state index contributed by atoms with van der Waals surface area (Å²) in [7, 11) is 0. The molecule has 0 heterocycles. The predicted octanol–water partition coefficient (Wildman–Crippen LogP) is 2.41. The van der Waals surface area contributed by atoms with Gasteiger partial charge in [0, 0.05) is 6.04 Å². The zero-order valence-corrected chi connectivity index (χ0v) is 9.87. The quantitative estimate of drug-likeness (QED) is 0.708. The molecule has 0 unspecified atom stereocenters. The van der Waals surface area contributed by atoms with Crippen molar-refractivity contribution >= 4 is 17.7 Å². The summed E-state index contributed by atoms with van der Waals surface area (Å²) in [5.74, 6) is 0.455. The van der Waals surface area contributed by atoms with Crippen LogP contribution in [0.3, 0.4) is 0 Å². The molecule has 0 aliphatic heterocycles. The molecule has 0 rings (SSSR count). The molecule has 0 spiro atoms. The van der Waals surface area contributed by atoms with Crippen LogP contribution in [0.15, 0.2) is 11.0 Å². The van der Waals surface area contributed by atoms with E-state index < -0.39 is 0 Å². The molecular weight excluding hydrogens is 182 g/mol. The number of hydrogen-bond donors (Lipinski definition) is 1. The van der Waals surface area contributed by atoms with Gasteiger partial charge in [-0.05, 0) is 26.0 Å². The highest BCUT2D eigenvalue weighted by atomic mass is 32.2. The van der Waals surface area contributed by atoms with Gasteiger partial charge >= 0.3 is 0 Å². The number of carbonyl (C=O) groups is 1. The zero-order valence-electron chi connectivity index (χ0n) is 9.05.